The molecular formula is C18H17NO2. The molecule has 106 valence electrons. The first kappa shape index (κ1) is 13.4. The minimum Gasteiger partial charge on any atom is -0.494 e. The van der Waals surface area contributed by atoms with Gasteiger partial charge in [-0.05, 0) is 48.2 Å². The zero-order valence-electron chi connectivity index (χ0n) is 11.9. The van der Waals surface area contributed by atoms with Gasteiger partial charge in [0.25, 0.3) is 0 Å². The average molecular weight is 279 g/mol. The fraction of sp³-hybridized carbons (Fsp3) is 0.167. The zero-order valence-corrected chi connectivity index (χ0v) is 11.9. The smallest absolute Gasteiger partial charge is 0.167 e. The van der Waals surface area contributed by atoms with Crippen LogP contribution in [0.5, 0.6) is 5.75 Å². The van der Waals surface area contributed by atoms with E-state index in [4.69, 9.17) is 4.74 Å². The number of H-pyrrole nitrogens is 1. The molecule has 3 nitrogen and oxygen atoms in total. The Balaban J connectivity index is 1.80. The number of fused-ring (bicyclic) bond motifs is 1. The second kappa shape index (κ2) is 5.83. The van der Waals surface area contributed by atoms with Gasteiger partial charge in [0, 0.05) is 23.7 Å². The van der Waals surface area contributed by atoms with Crippen LogP contribution in [0.3, 0.4) is 0 Å². The number of carbonyl (C=O) groups is 1. The first-order valence-corrected chi connectivity index (χ1v) is 7.08. The van der Waals surface area contributed by atoms with Crippen LogP contribution in [0.15, 0.2) is 54.7 Å². The largest absolute Gasteiger partial charge is 0.494 e. The molecule has 3 rings (SSSR count). The van der Waals surface area contributed by atoms with E-state index in [1.165, 1.54) is 0 Å². The lowest BCUT2D eigenvalue weighted by molar-refractivity contribution is 0.0992. The molecule has 3 aromatic rings. The molecule has 0 amide bonds. The topological polar surface area (TPSA) is 42.1 Å². The molecule has 0 aliphatic carbocycles. The summed E-state index contributed by atoms with van der Waals surface area (Å²) in [5, 5.41) is 1.13. The van der Waals surface area contributed by atoms with Crippen molar-refractivity contribution in [3.05, 3.63) is 65.9 Å². The van der Waals surface area contributed by atoms with Gasteiger partial charge in [0.2, 0.25) is 0 Å². The quantitative estimate of drug-likeness (QED) is 0.717. The number of rotatable bonds is 5. The van der Waals surface area contributed by atoms with Crippen LogP contribution < -0.4 is 4.74 Å². The molecule has 1 aromatic heterocycles. The van der Waals surface area contributed by atoms with Gasteiger partial charge in [0.05, 0.1) is 6.61 Å². The molecule has 21 heavy (non-hydrogen) atoms. The maximum atomic E-state index is 12.4. The number of benzene rings is 2. The van der Waals surface area contributed by atoms with Crippen LogP contribution in [0.25, 0.3) is 10.9 Å². The number of ether oxygens (including phenoxy) is 1. The molecule has 3 heteroatoms. The predicted molar refractivity (Wildman–Crippen MR) is 83.9 cm³/mol. The summed E-state index contributed by atoms with van der Waals surface area (Å²) >= 11 is 0. The Bertz CT molecular complexity index is 773. The fourth-order valence-electron chi connectivity index (χ4n) is 2.43. The van der Waals surface area contributed by atoms with E-state index in [0.717, 1.165) is 22.2 Å². The van der Waals surface area contributed by atoms with Gasteiger partial charge in [-0.15, -0.1) is 0 Å². The summed E-state index contributed by atoms with van der Waals surface area (Å²) in [4.78, 5) is 15.5. The summed E-state index contributed by atoms with van der Waals surface area (Å²) in [6.07, 6.45) is 2.30. The number of ketones is 1. The highest BCUT2D eigenvalue weighted by Crippen LogP contribution is 2.18. The van der Waals surface area contributed by atoms with E-state index < -0.39 is 0 Å². The van der Waals surface area contributed by atoms with Gasteiger partial charge in [-0.3, -0.25) is 4.79 Å². The third kappa shape index (κ3) is 2.97. The van der Waals surface area contributed by atoms with Crippen molar-refractivity contribution in [1.29, 1.82) is 0 Å². The molecule has 1 N–H and O–H groups in total. The predicted octanol–water partition coefficient (Wildman–Crippen LogP) is 3.99. The fourth-order valence-corrected chi connectivity index (χ4v) is 2.43. The molecule has 0 aliphatic heterocycles. The van der Waals surface area contributed by atoms with Crippen molar-refractivity contribution in [1.82, 2.24) is 4.98 Å². The number of aromatic nitrogens is 1. The number of nitrogens with one attached hydrogen (secondary N) is 1. The third-order valence-corrected chi connectivity index (χ3v) is 3.45. The SMILES string of the molecule is CCOc1cccc(C(=O)Cc2ccc3[nH]ccc3c2)c1. The molecule has 0 spiro atoms. The van der Waals surface area contributed by atoms with Crippen LogP contribution in [-0.2, 0) is 6.42 Å². The molecule has 0 saturated heterocycles. The normalized spacial score (nSPS) is 10.7. The summed E-state index contributed by atoms with van der Waals surface area (Å²) in [6.45, 7) is 2.53. The summed E-state index contributed by atoms with van der Waals surface area (Å²) in [5.74, 6) is 0.843. The van der Waals surface area contributed by atoms with Gasteiger partial charge < -0.3 is 9.72 Å². The molecule has 2 aromatic carbocycles. The highest BCUT2D eigenvalue weighted by atomic mass is 16.5. The van der Waals surface area contributed by atoms with Crippen LogP contribution in [-0.4, -0.2) is 17.4 Å². The lowest BCUT2D eigenvalue weighted by atomic mass is 10.0. The lowest BCUT2D eigenvalue weighted by Crippen LogP contribution is -2.04. The molecule has 0 bridgehead atoms. The Labute approximate surface area is 123 Å². The first-order chi connectivity index (χ1) is 10.3. The Morgan fingerprint density at radius 1 is 1.14 bits per heavy atom. The van der Waals surface area contributed by atoms with E-state index in [9.17, 15) is 4.79 Å². The van der Waals surface area contributed by atoms with E-state index in [-0.39, 0.29) is 5.78 Å². The Hall–Kier alpha value is -2.55. The van der Waals surface area contributed by atoms with Gasteiger partial charge in [-0.1, -0.05) is 18.2 Å². The summed E-state index contributed by atoms with van der Waals surface area (Å²) in [7, 11) is 0. The van der Waals surface area contributed by atoms with Crippen LogP contribution in [0.1, 0.15) is 22.8 Å². The first-order valence-electron chi connectivity index (χ1n) is 7.08. The van der Waals surface area contributed by atoms with Crippen LogP contribution in [0.4, 0.5) is 0 Å². The number of carbonyl (C=O) groups excluding carboxylic acids is 1. The molecular weight excluding hydrogens is 262 g/mol. The van der Waals surface area contributed by atoms with Gasteiger partial charge in [-0.25, -0.2) is 0 Å². The Kier molecular flexibility index (Phi) is 3.73. The third-order valence-electron chi connectivity index (χ3n) is 3.45. The Morgan fingerprint density at radius 2 is 2.05 bits per heavy atom. The van der Waals surface area contributed by atoms with Crippen LogP contribution >= 0.6 is 0 Å². The average Bonchev–Trinajstić information content (AvgIpc) is 2.95. The Morgan fingerprint density at radius 3 is 2.90 bits per heavy atom. The van der Waals surface area contributed by atoms with E-state index in [1.807, 2.05) is 49.5 Å². The van der Waals surface area contributed by atoms with Gasteiger partial charge in [0.1, 0.15) is 5.75 Å². The monoisotopic (exact) mass is 279 g/mol. The molecule has 1 heterocycles. The van der Waals surface area contributed by atoms with Crippen LogP contribution in [0, 0.1) is 0 Å². The minimum atomic E-state index is 0.103. The highest BCUT2D eigenvalue weighted by molar-refractivity contribution is 5.98. The van der Waals surface area contributed by atoms with Crippen molar-refractivity contribution < 1.29 is 9.53 Å². The van der Waals surface area contributed by atoms with Crippen LogP contribution in [0.2, 0.25) is 0 Å². The molecule has 0 atom stereocenters. The van der Waals surface area contributed by atoms with Gasteiger partial charge in [-0.2, -0.15) is 0 Å². The number of aromatic amines is 1. The number of Topliss-reactive ketones (excluding diaryl/α,β-unsaturated/α-hetero) is 1. The van der Waals surface area contributed by atoms with Crippen molar-refractivity contribution in [3.8, 4) is 5.75 Å². The van der Waals surface area contributed by atoms with E-state index in [1.54, 1.807) is 6.07 Å². The summed E-state index contributed by atoms with van der Waals surface area (Å²) < 4.78 is 5.44. The van der Waals surface area contributed by atoms with Gasteiger partial charge >= 0.3 is 0 Å². The molecule has 0 saturated carbocycles. The van der Waals surface area contributed by atoms with E-state index >= 15 is 0 Å². The maximum absolute atomic E-state index is 12.4. The molecule has 0 aliphatic rings. The zero-order chi connectivity index (χ0) is 14.7. The second-order valence-electron chi connectivity index (χ2n) is 4.96. The minimum absolute atomic E-state index is 0.103. The summed E-state index contributed by atoms with van der Waals surface area (Å²) in [6, 6.07) is 15.4. The summed E-state index contributed by atoms with van der Waals surface area (Å²) in [5.41, 5.74) is 2.80. The van der Waals surface area contributed by atoms with Crippen molar-refractivity contribution in [2.24, 2.45) is 0 Å². The molecule has 0 fully saturated rings. The number of hydrogen-bond donors (Lipinski definition) is 1. The van der Waals surface area contributed by atoms with Crippen molar-refractivity contribution in [3.63, 3.8) is 0 Å². The van der Waals surface area contributed by atoms with E-state index in [0.29, 0.717) is 18.6 Å². The molecule has 0 unspecified atom stereocenters. The highest BCUT2D eigenvalue weighted by Gasteiger charge is 2.09. The van der Waals surface area contributed by atoms with E-state index in [2.05, 4.69) is 11.1 Å². The van der Waals surface area contributed by atoms with Gasteiger partial charge in [0.15, 0.2) is 5.78 Å². The maximum Gasteiger partial charge on any atom is 0.167 e. The number of hydrogen-bond acceptors (Lipinski definition) is 2. The standard InChI is InChI=1S/C18H17NO2/c1-2-21-16-5-3-4-15(12-16)18(20)11-13-6-7-17-14(10-13)8-9-19-17/h3-10,12,19H,2,11H2,1H3. The lowest BCUT2D eigenvalue weighted by Gasteiger charge is -2.06. The second-order valence-corrected chi connectivity index (χ2v) is 4.96. The van der Waals surface area contributed by atoms with Crippen molar-refractivity contribution in [2.75, 3.05) is 6.61 Å². The van der Waals surface area contributed by atoms with Crippen molar-refractivity contribution in [2.45, 2.75) is 13.3 Å². The van der Waals surface area contributed by atoms with Crippen molar-refractivity contribution >= 4 is 16.7 Å². The molecule has 0 radical (unpaired) electrons.